The van der Waals surface area contributed by atoms with Crippen molar-refractivity contribution in [2.24, 2.45) is 0 Å². The largest absolute Gasteiger partial charge is 0.497 e. The number of aromatic nitrogens is 3. The number of carbonyl (C=O) groups is 1. The topological polar surface area (TPSA) is 78.3 Å². The van der Waals surface area contributed by atoms with Crippen LogP contribution < -0.4 is 14.8 Å². The summed E-state index contributed by atoms with van der Waals surface area (Å²) in [6, 6.07) is 21.2. The molecule has 0 aliphatic heterocycles. The lowest BCUT2D eigenvalue weighted by Crippen LogP contribution is -2.16. The number of anilines is 1. The number of thioether (sulfide) groups is 1. The number of methoxy groups -OCH3 is 2. The van der Waals surface area contributed by atoms with Crippen LogP contribution in [0.2, 0.25) is 0 Å². The van der Waals surface area contributed by atoms with Gasteiger partial charge in [0, 0.05) is 5.69 Å². The molecular weight excluding hydrogens is 448 g/mol. The molecular formula is C26H26N4O3S. The fraction of sp³-hybridized carbons (Fsp3) is 0.192. The predicted molar refractivity (Wildman–Crippen MR) is 135 cm³/mol. The van der Waals surface area contributed by atoms with Crippen molar-refractivity contribution in [2.45, 2.75) is 19.0 Å². The van der Waals surface area contributed by atoms with E-state index in [1.54, 1.807) is 14.2 Å². The minimum absolute atomic E-state index is 0.106. The Morgan fingerprint density at radius 3 is 2.29 bits per heavy atom. The zero-order valence-corrected chi connectivity index (χ0v) is 20.3. The molecule has 0 fully saturated rings. The third-order valence-electron chi connectivity index (χ3n) is 5.39. The standard InChI is InChI=1S/C26H26N4O3S/c1-17-8-7-9-18(2)24(17)27-23(31)16-34-26-29-28-25(21-10-5-6-11-22(21)33-4)30(26)19-12-14-20(32-3)15-13-19/h5-15H,16H2,1-4H3,(H,27,31). The Morgan fingerprint density at radius 1 is 0.912 bits per heavy atom. The van der Waals surface area contributed by atoms with E-state index >= 15 is 0 Å². The summed E-state index contributed by atoms with van der Waals surface area (Å²) in [6.45, 7) is 3.96. The molecule has 0 bridgehead atoms. The van der Waals surface area contributed by atoms with Crippen LogP contribution in [0.1, 0.15) is 11.1 Å². The molecule has 3 aromatic carbocycles. The molecule has 1 N–H and O–H groups in total. The van der Waals surface area contributed by atoms with E-state index < -0.39 is 0 Å². The van der Waals surface area contributed by atoms with E-state index in [0.717, 1.165) is 33.8 Å². The van der Waals surface area contributed by atoms with E-state index in [1.807, 2.05) is 85.1 Å². The quantitative estimate of drug-likeness (QED) is 0.349. The van der Waals surface area contributed by atoms with E-state index in [4.69, 9.17) is 9.47 Å². The molecule has 0 aliphatic rings. The highest BCUT2D eigenvalue weighted by Crippen LogP contribution is 2.33. The number of amides is 1. The average molecular weight is 475 g/mol. The van der Waals surface area contributed by atoms with Crippen LogP contribution in [0.3, 0.4) is 0 Å². The number of benzene rings is 3. The van der Waals surface area contributed by atoms with Crippen LogP contribution in [0.15, 0.2) is 71.9 Å². The molecule has 34 heavy (non-hydrogen) atoms. The Hall–Kier alpha value is -3.78. The zero-order valence-electron chi connectivity index (χ0n) is 19.5. The van der Waals surface area contributed by atoms with Gasteiger partial charge in [-0.2, -0.15) is 0 Å². The molecule has 0 saturated carbocycles. The minimum atomic E-state index is -0.106. The molecule has 174 valence electrons. The van der Waals surface area contributed by atoms with Gasteiger partial charge >= 0.3 is 0 Å². The number of ether oxygens (including phenoxy) is 2. The molecule has 4 aromatic rings. The van der Waals surface area contributed by atoms with E-state index in [0.29, 0.717) is 16.7 Å². The van der Waals surface area contributed by atoms with Gasteiger partial charge in [-0.25, -0.2) is 0 Å². The normalized spacial score (nSPS) is 10.7. The number of aryl methyl sites for hydroxylation is 2. The first kappa shape index (κ1) is 23.4. The van der Waals surface area contributed by atoms with Gasteiger partial charge in [-0.05, 0) is 61.4 Å². The van der Waals surface area contributed by atoms with E-state index in [2.05, 4.69) is 15.5 Å². The number of rotatable bonds is 8. The molecule has 0 spiro atoms. The van der Waals surface area contributed by atoms with E-state index in [9.17, 15) is 4.79 Å². The first-order valence-electron chi connectivity index (χ1n) is 10.7. The molecule has 1 heterocycles. The molecule has 0 radical (unpaired) electrons. The highest BCUT2D eigenvalue weighted by Gasteiger charge is 2.20. The predicted octanol–water partition coefficient (Wildman–Crippen LogP) is 5.30. The van der Waals surface area contributed by atoms with Gasteiger partial charge < -0.3 is 14.8 Å². The van der Waals surface area contributed by atoms with Crippen molar-refractivity contribution in [3.05, 3.63) is 77.9 Å². The second kappa shape index (κ2) is 10.4. The highest BCUT2D eigenvalue weighted by atomic mass is 32.2. The number of nitrogens with one attached hydrogen (secondary N) is 1. The molecule has 0 aliphatic carbocycles. The summed E-state index contributed by atoms with van der Waals surface area (Å²) >= 11 is 1.33. The fourth-order valence-electron chi connectivity index (χ4n) is 3.65. The smallest absolute Gasteiger partial charge is 0.234 e. The van der Waals surface area contributed by atoms with Gasteiger partial charge in [-0.1, -0.05) is 42.1 Å². The highest BCUT2D eigenvalue weighted by molar-refractivity contribution is 7.99. The van der Waals surface area contributed by atoms with Crippen molar-refractivity contribution in [1.82, 2.24) is 14.8 Å². The van der Waals surface area contributed by atoms with E-state index in [1.165, 1.54) is 11.8 Å². The molecule has 8 heteroatoms. The maximum absolute atomic E-state index is 12.8. The maximum atomic E-state index is 12.8. The Bertz CT molecular complexity index is 1280. The van der Waals surface area contributed by atoms with E-state index in [-0.39, 0.29) is 11.7 Å². The summed E-state index contributed by atoms with van der Waals surface area (Å²) in [7, 11) is 3.25. The van der Waals surface area contributed by atoms with Crippen LogP contribution in [0.25, 0.3) is 17.1 Å². The number of hydrogen-bond donors (Lipinski definition) is 1. The van der Waals surface area contributed by atoms with Crippen molar-refractivity contribution < 1.29 is 14.3 Å². The van der Waals surface area contributed by atoms with Crippen LogP contribution in [0.5, 0.6) is 11.5 Å². The molecule has 4 rings (SSSR count). The molecule has 0 unspecified atom stereocenters. The Balaban J connectivity index is 1.65. The van der Waals surface area contributed by atoms with Crippen LogP contribution in [-0.4, -0.2) is 40.6 Å². The average Bonchev–Trinajstić information content (AvgIpc) is 3.29. The molecule has 7 nitrogen and oxygen atoms in total. The Labute approximate surface area is 203 Å². The number of carbonyl (C=O) groups excluding carboxylic acids is 1. The number of nitrogens with zero attached hydrogens (tertiary/aromatic N) is 3. The van der Waals surface area contributed by atoms with Gasteiger partial charge in [0.1, 0.15) is 11.5 Å². The van der Waals surface area contributed by atoms with Gasteiger partial charge in [0.15, 0.2) is 11.0 Å². The van der Waals surface area contributed by atoms with Crippen molar-refractivity contribution in [3.8, 4) is 28.6 Å². The molecule has 0 saturated heterocycles. The van der Waals surface area contributed by atoms with Crippen LogP contribution in [0, 0.1) is 13.8 Å². The van der Waals surface area contributed by atoms with Gasteiger partial charge in [-0.3, -0.25) is 9.36 Å². The monoisotopic (exact) mass is 474 g/mol. The van der Waals surface area contributed by atoms with Gasteiger partial charge in [0.05, 0.1) is 31.2 Å². The second-order valence-electron chi connectivity index (χ2n) is 7.64. The van der Waals surface area contributed by atoms with Crippen molar-refractivity contribution in [1.29, 1.82) is 0 Å². The van der Waals surface area contributed by atoms with Crippen molar-refractivity contribution in [2.75, 3.05) is 25.3 Å². The second-order valence-corrected chi connectivity index (χ2v) is 8.59. The first-order chi connectivity index (χ1) is 16.5. The first-order valence-corrected chi connectivity index (χ1v) is 11.7. The summed E-state index contributed by atoms with van der Waals surface area (Å²) < 4.78 is 12.8. The molecule has 1 aromatic heterocycles. The molecule has 0 atom stereocenters. The van der Waals surface area contributed by atoms with Gasteiger partial charge in [0.2, 0.25) is 5.91 Å². The van der Waals surface area contributed by atoms with Crippen molar-refractivity contribution >= 4 is 23.4 Å². The van der Waals surface area contributed by atoms with Gasteiger partial charge in [0.25, 0.3) is 0 Å². The maximum Gasteiger partial charge on any atom is 0.234 e. The van der Waals surface area contributed by atoms with Crippen molar-refractivity contribution in [3.63, 3.8) is 0 Å². The lowest BCUT2D eigenvalue weighted by atomic mass is 10.1. The summed E-state index contributed by atoms with van der Waals surface area (Å²) in [5.74, 6) is 2.14. The lowest BCUT2D eigenvalue weighted by Gasteiger charge is -2.13. The summed E-state index contributed by atoms with van der Waals surface area (Å²) in [5.41, 5.74) is 4.56. The third-order valence-corrected chi connectivity index (χ3v) is 6.32. The summed E-state index contributed by atoms with van der Waals surface area (Å²) in [4.78, 5) is 12.8. The van der Waals surface area contributed by atoms with Crippen LogP contribution >= 0.6 is 11.8 Å². The molecule has 1 amide bonds. The minimum Gasteiger partial charge on any atom is -0.497 e. The number of para-hydroxylation sites is 2. The SMILES string of the molecule is COc1ccc(-n2c(SCC(=O)Nc3c(C)cccc3C)nnc2-c2ccccc2OC)cc1. The van der Waals surface area contributed by atoms with Crippen LogP contribution in [-0.2, 0) is 4.79 Å². The third kappa shape index (κ3) is 4.92. The lowest BCUT2D eigenvalue weighted by molar-refractivity contribution is -0.113. The van der Waals surface area contributed by atoms with Crippen LogP contribution in [0.4, 0.5) is 5.69 Å². The summed E-state index contributed by atoms with van der Waals surface area (Å²) in [6.07, 6.45) is 0. The Kier molecular flexibility index (Phi) is 7.18. The number of hydrogen-bond acceptors (Lipinski definition) is 6. The Morgan fingerprint density at radius 2 is 1.62 bits per heavy atom. The van der Waals surface area contributed by atoms with Gasteiger partial charge in [-0.15, -0.1) is 10.2 Å². The zero-order chi connectivity index (χ0) is 24.1. The fourth-order valence-corrected chi connectivity index (χ4v) is 4.40. The summed E-state index contributed by atoms with van der Waals surface area (Å²) in [5, 5.41) is 12.5.